The zero-order chi connectivity index (χ0) is 13.0. The Hall–Kier alpha value is -1.40. The zero-order valence-electron chi connectivity index (χ0n) is 9.49. The molecule has 0 aliphatic carbocycles. The lowest BCUT2D eigenvalue weighted by Gasteiger charge is -2.18. The second-order valence-corrected chi connectivity index (χ2v) is 4.54. The molecule has 92 valence electrons. The molecule has 0 spiro atoms. The van der Waals surface area contributed by atoms with Gasteiger partial charge in [0.2, 0.25) is 0 Å². The summed E-state index contributed by atoms with van der Waals surface area (Å²) in [6.07, 6.45) is 0.795. The number of hydrogen-bond donors (Lipinski definition) is 1. The number of nitrogens with zero attached hydrogens (tertiary/aromatic N) is 1. The van der Waals surface area contributed by atoms with Crippen LogP contribution in [0.5, 0.6) is 0 Å². The highest BCUT2D eigenvalue weighted by atomic mass is 32.2. The van der Waals surface area contributed by atoms with Gasteiger partial charge in [-0.05, 0) is 30.9 Å². The molecule has 0 heterocycles. The third-order valence-corrected chi connectivity index (χ3v) is 3.48. The van der Waals surface area contributed by atoms with Crippen molar-refractivity contribution in [1.29, 1.82) is 0 Å². The predicted octanol–water partition coefficient (Wildman–Crippen LogP) is 1.95. The molecule has 0 amide bonds. The highest BCUT2D eigenvalue weighted by Crippen LogP contribution is 2.27. The molecular formula is C11H13NO4S. The first kappa shape index (κ1) is 13.7. The standard InChI is InChI=1S/C11H13NO4S/c1-7(13)11(17-2)10(14)8-3-5-9(6-4-8)12(15)16/h3-6,10-11,14H,1-2H3. The Labute approximate surface area is 103 Å². The van der Waals surface area contributed by atoms with Gasteiger partial charge in [0.05, 0.1) is 16.3 Å². The Morgan fingerprint density at radius 2 is 1.94 bits per heavy atom. The smallest absolute Gasteiger partial charge is 0.269 e. The molecule has 2 unspecified atom stereocenters. The Bertz CT molecular complexity index is 418. The van der Waals surface area contributed by atoms with Gasteiger partial charge in [0.25, 0.3) is 5.69 Å². The Kier molecular flexibility index (Phi) is 4.65. The number of Topliss-reactive ketones (excluding diaryl/α,β-unsaturated/α-hetero) is 1. The topological polar surface area (TPSA) is 80.4 Å². The van der Waals surface area contributed by atoms with E-state index in [9.17, 15) is 20.0 Å². The van der Waals surface area contributed by atoms with Crippen molar-refractivity contribution in [3.8, 4) is 0 Å². The molecule has 0 bridgehead atoms. The molecular weight excluding hydrogens is 242 g/mol. The maximum Gasteiger partial charge on any atom is 0.269 e. The van der Waals surface area contributed by atoms with E-state index in [1.807, 2.05) is 0 Å². The van der Waals surface area contributed by atoms with Crippen LogP contribution in [0.1, 0.15) is 18.6 Å². The van der Waals surface area contributed by atoms with Gasteiger partial charge in [-0.25, -0.2) is 0 Å². The third kappa shape index (κ3) is 3.28. The normalized spacial score (nSPS) is 14.1. The van der Waals surface area contributed by atoms with E-state index < -0.39 is 16.3 Å². The number of rotatable bonds is 5. The van der Waals surface area contributed by atoms with Gasteiger partial charge < -0.3 is 5.11 Å². The lowest BCUT2D eigenvalue weighted by atomic mass is 10.0. The van der Waals surface area contributed by atoms with Crippen LogP contribution in [-0.4, -0.2) is 27.3 Å². The number of carbonyl (C=O) groups is 1. The minimum absolute atomic E-state index is 0.0375. The van der Waals surface area contributed by atoms with Crippen molar-refractivity contribution in [2.24, 2.45) is 0 Å². The molecule has 1 N–H and O–H groups in total. The summed E-state index contributed by atoms with van der Waals surface area (Å²) in [6.45, 7) is 1.41. The Morgan fingerprint density at radius 3 is 2.29 bits per heavy atom. The predicted molar refractivity (Wildman–Crippen MR) is 66.0 cm³/mol. The average Bonchev–Trinajstić information content (AvgIpc) is 2.29. The van der Waals surface area contributed by atoms with Crippen molar-refractivity contribution >= 4 is 23.2 Å². The molecule has 5 nitrogen and oxygen atoms in total. The van der Waals surface area contributed by atoms with Gasteiger partial charge >= 0.3 is 0 Å². The molecule has 0 aliphatic rings. The molecule has 0 saturated heterocycles. The number of aliphatic hydroxyl groups excluding tert-OH is 1. The average molecular weight is 255 g/mol. The van der Waals surface area contributed by atoms with Crippen molar-refractivity contribution in [3.63, 3.8) is 0 Å². The lowest BCUT2D eigenvalue weighted by Crippen LogP contribution is -2.22. The van der Waals surface area contributed by atoms with Crippen LogP contribution < -0.4 is 0 Å². The van der Waals surface area contributed by atoms with Gasteiger partial charge in [0.15, 0.2) is 0 Å². The number of ketones is 1. The molecule has 0 radical (unpaired) electrons. The maximum atomic E-state index is 11.3. The highest BCUT2D eigenvalue weighted by Gasteiger charge is 2.24. The first-order chi connectivity index (χ1) is 7.97. The van der Waals surface area contributed by atoms with Crippen molar-refractivity contribution in [2.75, 3.05) is 6.26 Å². The first-order valence-electron chi connectivity index (χ1n) is 4.93. The van der Waals surface area contributed by atoms with Crippen LogP contribution in [0.15, 0.2) is 24.3 Å². The number of non-ortho nitro benzene ring substituents is 1. The third-order valence-electron chi connectivity index (χ3n) is 2.39. The van der Waals surface area contributed by atoms with Crippen molar-refractivity contribution in [2.45, 2.75) is 18.3 Å². The van der Waals surface area contributed by atoms with E-state index in [0.717, 1.165) is 0 Å². The molecule has 0 saturated carbocycles. The molecule has 2 atom stereocenters. The summed E-state index contributed by atoms with van der Waals surface area (Å²) in [5.74, 6) is -0.122. The fourth-order valence-corrected chi connectivity index (χ4v) is 2.23. The molecule has 0 aliphatic heterocycles. The first-order valence-corrected chi connectivity index (χ1v) is 6.21. The highest BCUT2D eigenvalue weighted by molar-refractivity contribution is 7.99. The minimum atomic E-state index is -0.941. The number of hydrogen-bond acceptors (Lipinski definition) is 5. The number of aliphatic hydroxyl groups is 1. The SMILES string of the molecule is CSC(C(C)=O)C(O)c1ccc([N+](=O)[O-])cc1. The lowest BCUT2D eigenvalue weighted by molar-refractivity contribution is -0.384. The van der Waals surface area contributed by atoms with Crippen molar-refractivity contribution in [3.05, 3.63) is 39.9 Å². The van der Waals surface area contributed by atoms with Crippen LogP contribution in [0.25, 0.3) is 0 Å². The van der Waals surface area contributed by atoms with Crippen molar-refractivity contribution < 1.29 is 14.8 Å². The number of nitro groups is 1. The van der Waals surface area contributed by atoms with E-state index in [-0.39, 0.29) is 11.5 Å². The molecule has 0 aromatic heterocycles. The van der Waals surface area contributed by atoms with Crippen LogP contribution in [0.3, 0.4) is 0 Å². The van der Waals surface area contributed by atoms with Gasteiger partial charge in [-0.3, -0.25) is 14.9 Å². The summed E-state index contributed by atoms with van der Waals surface area (Å²) >= 11 is 1.26. The van der Waals surface area contributed by atoms with Crippen LogP contribution in [0.4, 0.5) is 5.69 Å². The summed E-state index contributed by atoms with van der Waals surface area (Å²) < 4.78 is 0. The molecule has 0 fully saturated rings. The largest absolute Gasteiger partial charge is 0.387 e. The second kappa shape index (κ2) is 5.79. The summed E-state index contributed by atoms with van der Waals surface area (Å²) in [4.78, 5) is 21.2. The maximum absolute atomic E-state index is 11.3. The molecule has 6 heteroatoms. The van der Waals surface area contributed by atoms with Gasteiger partial charge in [-0.2, -0.15) is 11.8 Å². The summed E-state index contributed by atoms with van der Waals surface area (Å²) in [6, 6.07) is 5.57. The van der Waals surface area contributed by atoms with Crippen LogP contribution in [-0.2, 0) is 4.79 Å². The van der Waals surface area contributed by atoms with Gasteiger partial charge in [-0.15, -0.1) is 0 Å². The fourth-order valence-electron chi connectivity index (χ4n) is 1.49. The molecule has 17 heavy (non-hydrogen) atoms. The van der Waals surface area contributed by atoms with E-state index in [4.69, 9.17) is 0 Å². The number of benzene rings is 1. The van der Waals surface area contributed by atoms with Crippen LogP contribution in [0.2, 0.25) is 0 Å². The molecule has 1 aromatic rings. The van der Waals surface area contributed by atoms with E-state index >= 15 is 0 Å². The van der Waals surface area contributed by atoms with Gasteiger partial charge in [0, 0.05) is 12.1 Å². The summed E-state index contributed by atoms with van der Waals surface area (Å²) in [7, 11) is 0. The van der Waals surface area contributed by atoms with E-state index in [1.54, 1.807) is 6.26 Å². The van der Waals surface area contributed by atoms with Crippen LogP contribution in [0, 0.1) is 10.1 Å². The summed E-state index contributed by atoms with van der Waals surface area (Å²) in [5.41, 5.74) is 0.467. The van der Waals surface area contributed by atoms with Gasteiger partial charge in [0.1, 0.15) is 5.78 Å². The fraction of sp³-hybridized carbons (Fsp3) is 0.364. The minimum Gasteiger partial charge on any atom is -0.387 e. The molecule has 1 aromatic carbocycles. The second-order valence-electron chi connectivity index (χ2n) is 3.56. The Balaban J connectivity index is 2.92. The number of carbonyl (C=O) groups excluding carboxylic acids is 1. The quantitative estimate of drug-likeness (QED) is 0.642. The van der Waals surface area contributed by atoms with E-state index in [2.05, 4.69) is 0 Å². The number of nitro benzene ring substituents is 1. The summed E-state index contributed by atoms with van der Waals surface area (Å²) in [5, 5.41) is 19.9. The molecule has 1 rings (SSSR count). The van der Waals surface area contributed by atoms with E-state index in [1.165, 1.54) is 43.0 Å². The number of thioether (sulfide) groups is 1. The van der Waals surface area contributed by atoms with Crippen LogP contribution >= 0.6 is 11.8 Å². The zero-order valence-corrected chi connectivity index (χ0v) is 10.3. The monoisotopic (exact) mass is 255 g/mol. The van der Waals surface area contributed by atoms with Gasteiger partial charge in [-0.1, -0.05) is 0 Å². The Morgan fingerprint density at radius 1 is 1.41 bits per heavy atom. The van der Waals surface area contributed by atoms with Crippen molar-refractivity contribution in [1.82, 2.24) is 0 Å². The van der Waals surface area contributed by atoms with E-state index in [0.29, 0.717) is 5.56 Å².